The molecule has 0 amide bonds. The van der Waals surface area contributed by atoms with E-state index < -0.39 is 94.5 Å². The van der Waals surface area contributed by atoms with Gasteiger partial charge in [0.15, 0.2) is 0 Å². The van der Waals surface area contributed by atoms with E-state index in [9.17, 15) is 55.7 Å². The summed E-state index contributed by atoms with van der Waals surface area (Å²) in [5.74, 6) is -8.21. The molecule has 1 aliphatic heterocycles. The van der Waals surface area contributed by atoms with E-state index >= 15 is 0 Å². The molecule has 0 aromatic heterocycles. The molecule has 10 nitrogen and oxygen atoms in total. The van der Waals surface area contributed by atoms with Crippen LogP contribution in [0.25, 0.3) is 0 Å². The van der Waals surface area contributed by atoms with Gasteiger partial charge >= 0.3 is 36.2 Å². The first kappa shape index (κ1) is 50.3. The molecule has 0 aromatic carbocycles. The number of carbonyl (C=O) groups excluding carboxylic acids is 4. The van der Waals surface area contributed by atoms with Crippen molar-refractivity contribution in [2.45, 2.75) is 206 Å². The molecule has 9 aliphatic rings. The Kier molecular flexibility index (Phi) is 13.0. The Bertz CT molecular complexity index is 1830. The Balaban J connectivity index is 1.10. The molecule has 0 aromatic rings. The first-order valence-electron chi connectivity index (χ1n) is 26.0. The van der Waals surface area contributed by atoms with Crippen LogP contribution in [0.15, 0.2) is 0 Å². The van der Waals surface area contributed by atoms with E-state index in [2.05, 4.69) is 13.8 Å². The number of aliphatic hydroxyl groups excluding tert-OH is 2. The standard InChI is InChI=1S/C52H74F6O10/c1-25-7-13-41(61)65-38-22-28-20-30(60)16-18-48(28,4)36-24-40(68-46(64)52(56,57)58)50(6)32(10-12-34(50)44(36)38)26(2)8-14-42(62)66-37-21-27-19-29(59)15-17-47(27,3)35-23-39(67-45(63)51(53,54)55)49(5)31(25)9-11-33(49)43(35)37/h25-40,43-44,59-60H,7-24H2,1-6H3/t25-,26-,27+,28+,29-,30-,31-,32-,33+,34+,35+,36+,37-,38-,39+,40+,43+,44+,47+,48+,49-,50-/m1/s1. The molecule has 2 N–H and O–H groups in total. The molecular weight excluding hydrogens is 899 g/mol. The van der Waals surface area contributed by atoms with Crippen molar-refractivity contribution in [2.24, 2.45) is 92.7 Å². The van der Waals surface area contributed by atoms with Gasteiger partial charge in [0.2, 0.25) is 0 Å². The SMILES string of the molecule is C[C@@H]1CCC(=O)O[C@@H]2C[C@@H]3C[C@H](O)CC[C@]3(C)[C@H]3C[C@H](OC(=O)C(F)(F)F)[C@]4(C)[C@H](CC[C@H]4[C@H]23)[C@H](C)CCC(=O)O[C@@H]2C[C@@H]3C[C@H](O)CC[C@]3(C)[C@H]3C[C@H](OC(=O)C(F)(F)F)[C@]4(C)[C@@H]1CC[C@H]4[C@H]23. The molecule has 8 aliphatic carbocycles. The van der Waals surface area contributed by atoms with Crippen molar-refractivity contribution in [1.82, 2.24) is 0 Å². The number of rotatable bonds is 2. The van der Waals surface area contributed by atoms with Gasteiger partial charge in [0, 0.05) is 35.5 Å². The second-order valence-corrected chi connectivity index (χ2v) is 24.8. The lowest BCUT2D eigenvalue weighted by atomic mass is 9.43. The highest BCUT2D eigenvalue weighted by molar-refractivity contribution is 5.76. The fourth-order valence-corrected chi connectivity index (χ4v) is 18.7. The summed E-state index contributed by atoms with van der Waals surface area (Å²) < 4.78 is 109. The molecule has 0 unspecified atom stereocenters. The molecule has 9 rings (SSSR count). The summed E-state index contributed by atoms with van der Waals surface area (Å²) in [6, 6.07) is 0. The van der Waals surface area contributed by atoms with Gasteiger partial charge in [-0.3, -0.25) is 9.59 Å². The number of fused-ring (bicyclic) bond motifs is 4. The van der Waals surface area contributed by atoms with Gasteiger partial charge in [-0.15, -0.1) is 0 Å². The number of ether oxygens (including phenoxy) is 4. The first-order chi connectivity index (χ1) is 31.7. The molecule has 1 heterocycles. The highest BCUT2D eigenvalue weighted by Crippen LogP contribution is 2.72. The molecule has 22 atom stereocenters. The van der Waals surface area contributed by atoms with E-state index in [1.165, 1.54) is 0 Å². The normalized spacial score (nSPS) is 50.7. The smallest absolute Gasteiger partial charge is 0.462 e. The quantitative estimate of drug-likeness (QED) is 0.156. The number of carbonyl (C=O) groups is 4. The minimum absolute atomic E-state index is 0.00560. The summed E-state index contributed by atoms with van der Waals surface area (Å²) in [4.78, 5) is 54.5. The molecule has 8 saturated carbocycles. The van der Waals surface area contributed by atoms with Crippen molar-refractivity contribution in [3.05, 3.63) is 0 Å². The Labute approximate surface area is 396 Å². The van der Waals surface area contributed by atoms with E-state index in [0.29, 0.717) is 89.9 Å². The minimum atomic E-state index is -5.22. The van der Waals surface area contributed by atoms with Crippen molar-refractivity contribution >= 4 is 23.9 Å². The molecule has 9 fully saturated rings. The number of hydrogen-bond acceptors (Lipinski definition) is 10. The molecular formula is C52H74F6O10. The number of esters is 4. The van der Waals surface area contributed by atoms with Gasteiger partial charge in [0.25, 0.3) is 0 Å². The molecule has 384 valence electrons. The average Bonchev–Trinajstić information content (AvgIpc) is 3.80. The van der Waals surface area contributed by atoms with Gasteiger partial charge in [0.05, 0.1) is 12.2 Å². The maximum absolute atomic E-state index is 14.4. The monoisotopic (exact) mass is 973 g/mol. The van der Waals surface area contributed by atoms with E-state index in [-0.39, 0.29) is 96.7 Å². The Morgan fingerprint density at radius 3 is 1.24 bits per heavy atom. The number of halogens is 6. The van der Waals surface area contributed by atoms with Crippen molar-refractivity contribution in [1.29, 1.82) is 0 Å². The predicted molar refractivity (Wildman–Crippen MR) is 232 cm³/mol. The minimum Gasteiger partial charge on any atom is -0.462 e. The highest BCUT2D eigenvalue weighted by atomic mass is 19.4. The van der Waals surface area contributed by atoms with Gasteiger partial charge in [-0.25, -0.2) is 9.59 Å². The molecule has 0 spiro atoms. The molecule has 1 saturated heterocycles. The Morgan fingerprint density at radius 1 is 0.529 bits per heavy atom. The van der Waals surface area contributed by atoms with Crippen LogP contribution >= 0.6 is 0 Å². The average molecular weight is 973 g/mol. The van der Waals surface area contributed by atoms with Crippen molar-refractivity contribution in [3.63, 3.8) is 0 Å². The van der Waals surface area contributed by atoms with E-state index in [1.807, 2.05) is 27.7 Å². The van der Waals surface area contributed by atoms with Crippen molar-refractivity contribution in [3.8, 4) is 0 Å². The van der Waals surface area contributed by atoms with Crippen LogP contribution in [0.1, 0.15) is 157 Å². The van der Waals surface area contributed by atoms with Crippen LogP contribution in [0.2, 0.25) is 0 Å². The largest absolute Gasteiger partial charge is 0.490 e. The maximum atomic E-state index is 14.4. The fraction of sp³-hybridized carbons (Fsp3) is 0.923. The molecule has 8 bridgehead atoms. The van der Waals surface area contributed by atoms with Gasteiger partial charge in [-0.1, -0.05) is 41.5 Å². The lowest BCUT2D eigenvalue weighted by Crippen LogP contribution is -2.64. The number of hydrogen-bond donors (Lipinski definition) is 2. The summed E-state index contributed by atoms with van der Waals surface area (Å²) in [5, 5.41) is 21.9. The van der Waals surface area contributed by atoms with Gasteiger partial charge < -0.3 is 29.2 Å². The van der Waals surface area contributed by atoms with E-state index in [4.69, 9.17) is 18.9 Å². The first-order valence-corrected chi connectivity index (χ1v) is 26.0. The summed E-state index contributed by atoms with van der Waals surface area (Å²) >= 11 is 0. The van der Waals surface area contributed by atoms with Crippen LogP contribution in [-0.2, 0) is 38.1 Å². The van der Waals surface area contributed by atoms with Gasteiger partial charge in [-0.2, -0.15) is 26.3 Å². The zero-order chi connectivity index (χ0) is 49.3. The maximum Gasteiger partial charge on any atom is 0.490 e. The highest BCUT2D eigenvalue weighted by Gasteiger charge is 2.70. The zero-order valence-corrected chi connectivity index (χ0v) is 40.5. The molecule has 68 heavy (non-hydrogen) atoms. The van der Waals surface area contributed by atoms with Crippen LogP contribution < -0.4 is 0 Å². The predicted octanol–water partition coefficient (Wildman–Crippen LogP) is 10.1. The van der Waals surface area contributed by atoms with Crippen LogP contribution in [-0.4, -0.2) is 83.1 Å². The molecule has 0 radical (unpaired) electrons. The third-order valence-corrected chi connectivity index (χ3v) is 22.1. The summed E-state index contributed by atoms with van der Waals surface area (Å²) in [6.45, 7) is 12.1. The van der Waals surface area contributed by atoms with E-state index in [1.54, 1.807) is 0 Å². The second kappa shape index (κ2) is 17.6. The van der Waals surface area contributed by atoms with Crippen molar-refractivity contribution in [2.75, 3.05) is 0 Å². The summed E-state index contributed by atoms with van der Waals surface area (Å²) in [5.41, 5.74) is -2.78. The van der Waals surface area contributed by atoms with Crippen LogP contribution in [0.3, 0.4) is 0 Å². The van der Waals surface area contributed by atoms with Crippen molar-refractivity contribution < 1.29 is 74.7 Å². The molecule has 16 heteroatoms. The fourth-order valence-electron chi connectivity index (χ4n) is 18.7. The van der Waals surface area contributed by atoms with Crippen LogP contribution in [0.4, 0.5) is 26.3 Å². The second-order valence-electron chi connectivity index (χ2n) is 24.8. The van der Waals surface area contributed by atoms with Gasteiger partial charge in [-0.05, 0) is 173 Å². The topological polar surface area (TPSA) is 146 Å². The Hall–Kier alpha value is -2.62. The summed E-state index contributed by atoms with van der Waals surface area (Å²) in [7, 11) is 0. The zero-order valence-electron chi connectivity index (χ0n) is 40.5. The third-order valence-electron chi connectivity index (χ3n) is 22.1. The van der Waals surface area contributed by atoms with E-state index in [0.717, 1.165) is 0 Å². The number of aliphatic hydroxyl groups is 2. The van der Waals surface area contributed by atoms with Crippen LogP contribution in [0.5, 0.6) is 0 Å². The Morgan fingerprint density at radius 2 is 0.882 bits per heavy atom. The summed E-state index contributed by atoms with van der Waals surface area (Å²) in [6.07, 6.45) is -7.54. The lowest BCUT2D eigenvalue weighted by molar-refractivity contribution is -0.243. The number of alkyl halides is 6. The van der Waals surface area contributed by atoms with Gasteiger partial charge in [0.1, 0.15) is 24.4 Å². The van der Waals surface area contributed by atoms with Crippen LogP contribution in [0, 0.1) is 92.7 Å². The third kappa shape index (κ3) is 8.20. The lowest BCUT2D eigenvalue weighted by Gasteiger charge is -2.64.